The Morgan fingerprint density at radius 2 is 2.08 bits per heavy atom. The maximum Gasteiger partial charge on any atom is 0.338 e. The number of nitrogens with one attached hydrogen (secondary N) is 2. The third-order valence-electron chi connectivity index (χ3n) is 3.69. The molecule has 1 aromatic heterocycles. The minimum absolute atomic E-state index is 0.252. The van der Waals surface area contributed by atoms with Crippen molar-refractivity contribution < 1.29 is 14.3 Å². The summed E-state index contributed by atoms with van der Waals surface area (Å²) in [6.45, 7) is 2.00. The summed E-state index contributed by atoms with van der Waals surface area (Å²) < 4.78 is 5.23. The molecule has 0 bridgehead atoms. The van der Waals surface area contributed by atoms with Gasteiger partial charge < -0.3 is 15.4 Å². The normalized spacial score (nSPS) is 16.7. The zero-order valence-electron chi connectivity index (χ0n) is 14.1. The molecule has 0 aliphatic carbocycles. The van der Waals surface area contributed by atoms with E-state index in [-0.39, 0.29) is 12.6 Å². The highest BCUT2D eigenvalue weighted by molar-refractivity contribution is 7.99. The van der Waals surface area contributed by atoms with E-state index in [2.05, 4.69) is 20.6 Å². The van der Waals surface area contributed by atoms with Crippen LogP contribution >= 0.6 is 11.8 Å². The Labute approximate surface area is 155 Å². The van der Waals surface area contributed by atoms with Gasteiger partial charge >= 0.3 is 12.0 Å². The molecule has 1 aliphatic rings. The van der Waals surface area contributed by atoms with Crippen molar-refractivity contribution in [3.05, 3.63) is 65.8 Å². The second-order valence-electron chi connectivity index (χ2n) is 5.39. The number of rotatable bonds is 6. The number of nitrogens with zero attached hydrogens (tertiary/aromatic N) is 2. The number of urea groups is 1. The van der Waals surface area contributed by atoms with Gasteiger partial charge in [-0.15, -0.1) is 0 Å². The first-order chi connectivity index (χ1) is 12.7. The van der Waals surface area contributed by atoms with Crippen molar-refractivity contribution in [3.63, 3.8) is 0 Å². The molecule has 7 nitrogen and oxygen atoms in total. The summed E-state index contributed by atoms with van der Waals surface area (Å²) in [7, 11) is 0. The minimum atomic E-state index is -0.568. The number of thioether (sulfide) groups is 1. The molecular formula is C18H18N4O3S. The Morgan fingerprint density at radius 1 is 1.27 bits per heavy atom. The van der Waals surface area contributed by atoms with Gasteiger partial charge in [-0.25, -0.2) is 14.6 Å². The van der Waals surface area contributed by atoms with E-state index >= 15 is 0 Å². The number of benzene rings is 1. The molecule has 26 heavy (non-hydrogen) atoms. The lowest BCUT2D eigenvalue weighted by Crippen LogP contribution is -2.46. The number of carbonyl (C=O) groups excluding carboxylic acids is 2. The predicted octanol–water partition coefficient (Wildman–Crippen LogP) is 2.44. The molecular weight excluding hydrogens is 352 g/mol. The number of hydrogen-bond donors (Lipinski definition) is 2. The van der Waals surface area contributed by atoms with Gasteiger partial charge in [0.1, 0.15) is 5.03 Å². The lowest BCUT2D eigenvalue weighted by atomic mass is 9.95. The van der Waals surface area contributed by atoms with Crippen molar-refractivity contribution in [1.29, 1.82) is 0 Å². The fourth-order valence-electron chi connectivity index (χ4n) is 2.58. The number of carbonyl (C=O) groups is 2. The first kappa shape index (κ1) is 17.9. The zero-order chi connectivity index (χ0) is 18.4. The van der Waals surface area contributed by atoms with Gasteiger partial charge in [0, 0.05) is 23.8 Å². The summed E-state index contributed by atoms with van der Waals surface area (Å²) in [6, 6.07) is 8.40. The summed E-state index contributed by atoms with van der Waals surface area (Å²) >= 11 is 1.38. The van der Waals surface area contributed by atoms with Crippen molar-refractivity contribution in [2.45, 2.75) is 18.0 Å². The molecule has 2 amide bonds. The van der Waals surface area contributed by atoms with Crippen LogP contribution in [0.25, 0.3) is 0 Å². The average molecular weight is 370 g/mol. The molecule has 134 valence electrons. The van der Waals surface area contributed by atoms with Crippen LogP contribution in [-0.2, 0) is 9.53 Å². The van der Waals surface area contributed by atoms with Crippen LogP contribution in [-0.4, -0.2) is 34.3 Å². The van der Waals surface area contributed by atoms with Crippen LogP contribution in [0.15, 0.2) is 65.2 Å². The molecule has 1 atom stereocenters. The zero-order valence-corrected chi connectivity index (χ0v) is 15.0. The molecule has 1 aromatic carbocycles. The Balaban J connectivity index is 1.95. The molecule has 2 aromatic rings. The number of amides is 2. The standard InChI is InChI=1S/C18H18N4O3S/c1-2-25-17(23)15-13(11-26-14-10-19-8-9-20-14)21-18(24)22-16(15)12-6-4-3-5-7-12/h3-10,16H,2,11H2,1H3,(H2,21,22,24)/t16-/m1/s1. The third kappa shape index (κ3) is 4.20. The molecule has 0 fully saturated rings. The second kappa shape index (κ2) is 8.48. The molecule has 2 heterocycles. The van der Waals surface area contributed by atoms with Crippen molar-refractivity contribution in [2.75, 3.05) is 12.4 Å². The van der Waals surface area contributed by atoms with E-state index in [1.807, 2.05) is 30.3 Å². The second-order valence-corrected chi connectivity index (χ2v) is 6.38. The van der Waals surface area contributed by atoms with Gasteiger partial charge in [0.25, 0.3) is 0 Å². The van der Waals surface area contributed by atoms with Gasteiger partial charge in [-0.2, -0.15) is 0 Å². The Morgan fingerprint density at radius 3 is 2.77 bits per heavy atom. The molecule has 0 spiro atoms. The number of ether oxygens (including phenoxy) is 1. The first-order valence-electron chi connectivity index (χ1n) is 8.10. The van der Waals surface area contributed by atoms with Crippen molar-refractivity contribution in [2.24, 2.45) is 0 Å². The van der Waals surface area contributed by atoms with Gasteiger partial charge in [0.15, 0.2) is 0 Å². The van der Waals surface area contributed by atoms with E-state index in [1.165, 1.54) is 11.8 Å². The summed E-state index contributed by atoms with van der Waals surface area (Å²) in [5, 5.41) is 6.24. The minimum Gasteiger partial charge on any atom is -0.463 e. The Hall–Kier alpha value is -2.87. The van der Waals surface area contributed by atoms with Gasteiger partial charge in [-0.05, 0) is 12.5 Å². The van der Waals surface area contributed by atoms with E-state index in [0.717, 1.165) is 5.56 Å². The largest absolute Gasteiger partial charge is 0.463 e. The van der Waals surface area contributed by atoms with E-state index in [1.54, 1.807) is 25.5 Å². The molecule has 0 saturated carbocycles. The van der Waals surface area contributed by atoms with Crippen molar-refractivity contribution >= 4 is 23.8 Å². The fraction of sp³-hybridized carbons (Fsp3) is 0.222. The molecule has 0 unspecified atom stereocenters. The van der Waals surface area contributed by atoms with Gasteiger partial charge in [0.2, 0.25) is 0 Å². The summed E-state index contributed by atoms with van der Waals surface area (Å²) in [6.07, 6.45) is 4.81. The van der Waals surface area contributed by atoms with E-state index in [0.29, 0.717) is 22.0 Å². The van der Waals surface area contributed by atoms with Crippen LogP contribution < -0.4 is 10.6 Å². The van der Waals surface area contributed by atoms with E-state index < -0.39 is 12.0 Å². The SMILES string of the molecule is CCOC(=O)C1=C(CSc2cnccn2)NC(=O)N[C@@H]1c1ccccc1. The van der Waals surface area contributed by atoms with Crippen LogP contribution in [0.1, 0.15) is 18.5 Å². The Bertz CT molecular complexity index is 812. The van der Waals surface area contributed by atoms with Crippen LogP contribution in [0.2, 0.25) is 0 Å². The molecule has 1 aliphatic heterocycles. The van der Waals surface area contributed by atoms with Crippen molar-refractivity contribution in [1.82, 2.24) is 20.6 Å². The van der Waals surface area contributed by atoms with Gasteiger partial charge in [0.05, 0.1) is 24.4 Å². The smallest absolute Gasteiger partial charge is 0.338 e. The van der Waals surface area contributed by atoms with Gasteiger partial charge in [-0.1, -0.05) is 42.1 Å². The average Bonchev–Trinajstić information content (AvgIpc) is 2.67. The van der Waals surface area contributed by atoms with Crippen LogP contribution in [0.3, 0.4) is 0 Å². The maximum absolute atomic E-state index is 12.6. The molecule has 8 heteroatoms. The predicted molar refractivity (Wildman–Crippen MR) is 97.3 cm³/mol. The Kier molecular flexibility index (Phi) is 5.85. The number of aromatic nitrogens is 2. The first-order valence-corrected chi connectivity index (χ1v) is 9.09. The lowest BCUT2D eigenvalue weighted by molar-refractivity contribution is -0.139. The molecule has 0 saturated heterocycles. The quantitative estimate of drug-likeness (QED) is 0.599. The number of hydrogen-bond acceptors (Lipinski definition) is 6. The molecule has 2 N–H and O–H groups in total. The summed E-state index contributed by atoms with van der Waals surface area (Å²) in [5.74, 6) is -0.0903. The van der Waals surface area contributed by atoms with E-state index in [9.17, 15) is 9.59 Å². The van der Waals surface area contributed by atoms with Gasteiger partial charge in [-0.3, -0.25) is 4.98 Å². The highest BCUT2D eigenvalue weighted by Gasteiger charge is 2.33. The topological polar surface area (TPSA) is 93.2 Å². The van der Waals surface area contributed by atoms with Crippen LogP contribution in [0.4, 0.5) is 4.79 Å². The lowest BCUT2D eigenvalue weighted by Gasteiger charge is -2.29. The highest BCUT2D eigenvalue weighted by atomic mass is 32.2. The molecule has 3 rings (SSSR count). The van der Waals surface area contributed by atoms with Crippen LogP contribution in [0.5, 0.6) is 0 Å². The fourth-order valence-corrected chi connectivity index (χ4v) is 3.37. The van der Waals surface area contributed by atoms with Crippen molar-refractivity contribution in [3.8, 4) is 0 Å². The molecule has 0 radical (unpaired) electrons. The highest BCUT2D eigenvalue weighted by Crippen LogP contribution is 2.30. The maximum atomic E-state index is 12.6. The van der Waals surface area contributed by atoms with E-state index in [4.69, 9.17) is 4.74 Å². The summed E-state index contributed by atoms with van der Waals surface area (Å²) in [4.78, 5) is 33.0. The summed E-state index contributed by atoms with van der Waals surface area (Å²) in [5.41, 5.74) is 1.72. The monoisotopic (exact) mass is 370 g/mol. The number of esters is 1. The third-order valence-corrected chi connectivity index (χ3v) is 4.63. The van der Waals surface area contributed by atoms with Crippen LogP contribution in [0, 0.1) is 0 Å².